The maximum Gasteiger partial charge on any atom is 0.318 e. The van der Waals surface area contributed by atoms with Crippen LogP contribution in [0.1, 0.15) is 19.8 Å². The number of urea groups is 1. The van der Waals surface area contributed by atoms with E-state index in [0.717, 1.165) is 12.8 Å². The van der Waals surface area contributed by atoms with Crippen LogP contribution in [0.25, 0.3) is 0 Å². The van der Waals surface area contributed by atoms with E-state index in [9.17, 15) is 4.79 Å². The molecule has 5 heteroatoms. The van der Waals surface area contributed by atoms with Crippen molar-refractivity contribution in [3.05, 3.63) is 0 Å². The molecule has 0 unspecified atom stereocenters. The number of carbonyl (C=O) groups is 1. The van der Waals surface area contributed by atoms with Crippen molar-refractivity contribution in [3.63, 3.8) is 0 Å². The Morgan fingerprint density at radius 1 is 1.50 bits per heavy atom. The molecule has 0 aliphatic rings. The molecule has 0 saturated carbocycles. The van der Waals surface area contributed by atoms with Gasteiger partial charge >= 0.3 is 6.03 Å². The van der Waals surface area contributed by atoms with Crippen molar-refractivity contribution < 1.29 is 14.6 Å². The summed E-state index contributed by atoms with van der Waals surface area (Å²) in [6, 6.07) is -0.422. The van der Waals surface area contributed by atoms with Gasteiger partial charge in [0.25, 0.3) is 0 Å². The van der Waals surface area contributed by atoms with E-state index < -0.39 is 6.03 Å². The smallest absolute Gasteiger partial charge is 0.318 e. The number of aliphatic hydroxyl groups excluding tert-OH is 1. The summed E-state index contributed by atoms with van der Waals surface area (Å²) in [6.45, 7) is 2.54. The Bertz CT molecular complexity index is 119. The highest BCUT2D eigenvalue weighted by molar-refractivity contribution is 5.73. The average molecular weight is 176 g/mol. The van der Waals surface area contributed by atoms with Crippen LogP contribution < -0.4 is 10.6 Å². The molecule has 0 aromatic carbocycles. The Hall–Kier alpha value is -0.810. The maximum absolute atomic E-state index is 10.6. The second-order valence-electron chi connectivity index (χ2n) is 2.25. The second kappa shape index (κ2) is 8.29. The average Bonchev–Trinajstić information content (AvgIpc) is 2.05. The molecule has 0 rings (SSSR count). The van der Waals surface area contributed by atoms with E-state index >= 15 is 0 Å². The lowest BCUT2D eigenvalue weighted by atomic mass is 10.4. The van der Waals surface area contributed by atoms with Gasteiger partial charge in [-0.15, -0.1) is 0 Å². The Morgan fingerprint density at radius 2 is 2.25 bits per heavy atom. The summed E-state index contributed by atoms with van der Waals surface area (Å²) in [6.07, 6.45) is 2.06. The third kappa shape index (κ3) is 7.30. The van der Waals surface area contributed by atoms with Crippen LogP contribution in [-0.2, 0) is 4.74 Å². The molecule has 5 nitrogen and oxygen atoms in total. The van der Waals surface area contributed by atoms with Gasteiger partial charge in [-0.05, 0) is 6.42 Å². The molecule has 0 aliphatic carbocycles. The van der Waals surface area contributed by atoms with Crippen molar-refractivity contribution in [2.75, 3.05) is 20.1 Å². The van der Waals surface area contributed by atoms with Crippen molar-refractivity contribution in [3.8, 4) is 0 Å². The van der Waals surface area contributed by atoms with Gasteiger partial charge in [0.2, 0.25) is 0 Å². The molecular weight excluding hydrogens is 160 g/mol. The normalized spacial score (nSPS) is 9.50. The second-order valence-corrected chi connectivity index (χ2v) is 2.25. The van der Waals surface area contributed by atoms with E-state index in [4.69, 9.17) is 9.84 Å². The standard InChI is InChI=1S/C7H16N2O3/c1-2-3-4-12-6-9-7(11)8-5-10/h10H,2-6H2,1H3,(H2,8,9,11). The molecule has 72 valence electrons. The number of unbranched alkanes of at least 4 members (excludes halogenated alkanes) is 1. The van der Waals surface area contributed by atoms with Gasteiger partial charge in [-0.25, -0.2) is 4.79 Å². The first-order valence-electron chi connectivity index (χ1n) is 4.01. The van der Waals surface area contributed by atoms with Crippen LogP contribution in [0.4, 0.5) is 4.79 Å². The molecule has 0 aliphatic heterocycles. The summed E-state index contributed by atoms with van der Waals surface area (Å²) >= 11 is 0. The first-order valence-corrected chi connectivity index (χ1v) is 4.01. The summed E-state index contributed by atoms with van der Waals surface area (Å²) in [5.74, 6) is 0. The van der Waals surface area contributed by atoms with E-state index in [0.29, 0.717) is 6.61 Å². The lowest BCUT2D eigenvalue weighted by molar-refractivity contribution is 0.116. The quantitative estimate of drug-likeness (QED) is 0.394. The third-order valence-electron chi connectivity index (χ3n) is 1.22. The minimum atomic E-state index is -0.422. The molecule has 2 amide bonds. The van der Waals surface area contributed by atoms with Crippen LogP contribution in [0.15, 0.2) is 0 Å². The van der Waals surface area contributed by atoms with Crippen molar-refractivity contribution in [1.29, 1.82) is 0 Å². The molecule has 0 saturated heterocycles. The SMILES string of the molecule is CCCCOCNC(=O)NCO. The lowest BCUT2D eigenvalue weighted by Gasteiger charge is -2.05. The van der Waals surface area contributed by atoms with Gasteiger partial charge in [-0.2, -0.15) is 0 Å². The van der Waals surface area contributed by atoms with Crippen LogP contribution in [0.2, 0.25) is 0 Å². The zero-order valence-electron chi connectivity index (χ0n) is 7.30. The van der Waals surface area contributed by atoms with E-state index in [-0.39, 0.29) is 13.5 Å². The number of hydrogen-bond acceptors (Lipinski definition) is 3. The zero-order valence-corrected chi connectivity index (χ0v) is 7.30. The van der Waals surface area contributed by atoms with Crippen LogP contribution in [0, 0.1) is 0 Å². The fourth-order valence-corrected chi connectivity index (χ4v) is 0.569. The molecule has 0 aromatic rings. The van der Waals surface area contributed by atoms with Gasteiger partial charge in [-0.3, -0.25) is 0 Å². The largest absolute Gasteiger partial charge is 0.376 e. The van der Waals surface area contributed by atoms with Crippen LogP contribution in [0.5, 0.6) is 0 Å². The van der Waals surface area contributed by atoms with E-state index in [1.807, 2.05) is 0 Å². The van der Waals surface area contributed by atoms with E-state index in [2.05, 4.69) is 17.6 Å². The molecule has 3 N–H and O–H groups in total. The van der Waals surface area contributed by atoms with Crippen LogP contribution in [0.3, 0.4) is 0 Å². The molecule has 0 heterocycles. The number of ether oxygens (including phenoxy) is 1. The predicted molar refractivity (Wildman–Crippen MR) is 44.5 cm³/mol. The van der Waals surface area contributed by atoms with Crippen molar-refractivity contribution in [2.24, 2.45) is 0 Å². The van der Waals surface area contributed by atoms with Crippen molar-refractivity contribution >= 4 is 6.03 Å². The monoisotopic (exact) mass is 176 g/mol. The van der Waals surface area contributed by atoms with Crippen LogP contribution in [-0.4, -0.2) is 31.2 Å². The topological polar surface area (TPSA) is 70.6 Å². The summed E-state index contributed by atoms with van der Waals surface area (Å²) in [5.41, 5.74) is 0. The summed E-state index contributed by atoms with van der Waals surface area (Å²) in [4.78, 5) is 10.6. The number of carbonyl (C=O) groups excluding carboxylic acids is 1. The Balaban J connectivity index is 3.03. The molecule has 0 spiro atoms. The van der Waals surface area contributed by atoms with Gasteiger partial charge in [0, 0.05) is 6.61 Å². The lowest BCUT2D eigenvalue weighted by Crippen LogP contribution is -2.37. The van der Waals surface area contributed by atoms with E-state index in [1.165, 1.54) is 0 Å². The zero-order chi connectivity index (χ0) is 9.23. The molecular formula is C7H16N2O3. The fraction of sp³-hybridized carbons (Fsp3) is 0.857. The Kier molecular flexibility index (Phi) is 7.73. The molecule has 0 atom stereocenters. The number of rotatable bonds is 6. The van der Waals surface area contributed by atoms with Crippen molar-refractivity contribution in [1.82, 2.24) is 10.6 Å². The summed E-state index contributed by atoms with van der Waals surface area (Å²) in [7, 11) is 0. The predicted octanol–water partition coefficient (Wildman–Crippen LogP) is 0.00960. The Morgan fingerprint density at radius 3 is 2.83 bits per heavy atom. The van der Waals surface area contributed by atoms with E-state index in [1.54, 1.807) is 0 Å². The number of amides is 2. The highest BCUT2D eigenvalue weighted by atomic mass is 16.5. The van der Waals surface area contributed by atoms with Crippen LogP contribution >= 0.6 is 0 Å². The highest BCUT2D eigenvalue weighted by Crippen LogP contribution is 1.85. The molecule has 0 fully saturated rings. The first-order chi connectivity index (χ1) is 5.81. The number of aliphatic hydroxyl groups is 1. The third-order valence-corrected chi connectivity index (χ3v) is 1.22. The van der Waals surface area contributed by atoms with Gasteiger partial charge in [0.15, 0.2) is 0 Å². The van der Waals surface area contributed by atoms with Crippen molar-refractivity contribution in [2.45, 2.75) is 19.8 Å². The minimum absolute atomic E-state index is 0.186. The van der Waals surface area contributed by atoms with Gasteiger partial charge < -0.3 is 20.5 Å². The molecule has 0 aromatic heterocycles. The first kappa shape index (κ1) is 11.2. The fourth-order valence-electron chi connectivity index (χ4n) is 0.569. The Labute approximate surface area is 72.1 Å². The number of hydrogen-bond donors (Lipinski definition) is 3. The molecule has 12 heavy (non-hydrogen) atoms. The summed E-state index contributed by atoms with van der Waals surface area (Å²) < 4.78 is 5.04. The summed E-state index contributed by atoms with van der Waals surface area (Å²) in [5, 5.41) is 12.8. The van der Waals surface area contributed by atoms with Gasteiger partial charge in [0.05, 0.1) is 0 Å². The molecule has 0 bridgehead atoms. The highest BCUT2D eigenvalue weighted by Gasteiger charge is 1.94. The number of nitrogens with one attached hydrogen (secondary N) is 2. The van der Waals surface area contributed by atoms with Gasteiger partial charge in [0.1, 0.15) is 13.5 Å². The minimum Gasteiger partial charge on any atom is -0.376 e. The maximum atomic E-state index is 10.6. The van der Waals surface area contributed by atoms with Gasteiger partial charge in [-0.1, -0.05) is 13.3 Å². The molecule has 0 radical (unpaired) electrons.